The summed E-state index contributed by atoms with van der Waals surface area (Å²) in [6, 6.07) is 19.5. The molecule has 0 aliphatic carbocycles. The molecule has 0 amide bonds. The molecule has 2 rings (SSSR count). The lowest BCUT2D eigenvalue weighted by atomic mass is 10.0. The fourth-order valence-electron chi connectivity index (χ4n) is 2.19. The first-order chi connectivity index (χ1) is 11.5. The Kier molecular flexibility index (Phi) is 12.1. The van der Waals surface area contributed by atoms with Crippen LogP contribution in [-0.2, 0) is 0 Å². The first kappa shape index (κ1) is 23.6. The SMILES string of the molecule is CNC(C)C(O)c1ccccc1.CNC(C)C(O)c1ccccc1.Cl. The number of aliphatic hydroxyl groups is 2. The number of hydrogen-bond donors (Lipinski definition) is 4. The smallest absolute Gasteiger partial charge is 0.0940 e. The van der Waals surface area contributed by atoms with Gasteiger partial charge in [0, 0.05) is 12.1 Å². The van der Waals surface area contributed by atoms with Gasteiger partial charge in [0.1, 0.15) is 0 Å². The van der Waals surface area contributed by atoms with Gasteiger partial charge in [0.15, 0.2) is 0 Å². The Morgan fingerprint density at radius 2 is 0.920 bits per heavy atom. The first-order valence-corrected chi connectivity index (χ1v) is 8.31. The molecule has 4 N–H and O–H groups in total. The Balaban J connectivity index is 0.000000443. The molecule has 0 radical (unpaired) electrons. The third-order valence-corrected chi connectivity index (χ3v) is 4.14. The van der Waals surface area contributed by atoms with E-state index in [1.54, 1.807) is 0 Å². The number of nitrogens with one attached hydrogen (secondary N) is 2. The van der Waals surface area contributed by atoms with Crippen molar-refractivity contribution in [3.05, 3.63) is 71.8 Å². The van der Waals surface area contributed by atoms with Gasteiger partial charge in [-0.15, -0.1) is 12.4 Å². The molecular weight excluding hydrogens is 336 g/mol. The zero-order valence-corrected chi connectivity index (χ0v) is 16.2. The summed E-state index contributed by atoms with van der Waals surface area (Å²) < 4.78 is 0. The Morgan fingerprint density at radius 1 is 0.640 bits per heavy atom. The summed E-state index contributed by atoms with van der Waals surface area (Å²) in [5.41, 5.74) is 1.92. The summed E-state index contributed by atoms with van der Waals surface area (Å²) >= 11 is 0. The minimum absolute atomic E-state index is 0. The van der Waals surface area contributed by atoms with Crippen LogP contribution in [0.3, 0.4) is 0 Å². The van der Waals surface area contributed by atoms with Crippen molar-refractivity contribution in [1.82, 2.24) is 10.6 Å². The Hall–Kier alpha value is -1.43. The van der Waals surface area contributed by atoms with Gasteiger partial charge in [-0.25, -0.2) is 0 Å². The molecule has 0 aliphatic heterocycles. The van der Waals surface area contributed by atoms with E-state index in [2.05, 4.69) is 10.6 Å². The van der Waals surface area contributed by atoms with Crippen LogP contribution in [0, 0.1) is 0 Å². The van der Waals surface area contributed by atoms with E-state index in [-0.39, 0.29) is 24.5 Å². The molecular formula is C20H31ClN2O2. The van der Waals surface area contributed by atoms with Crippen molar-refractivity contribution >= 4 is 12.4 Å². The molecule has 2 aromatic rings. The molecule has 0 spiro atoms. The minimum atomic E-state index is -0.420. The maximum absolute atomic E-state index is 9.73. The molecule has 4 unspecified atom stereocenters. The van der Waals surface area contributed by atoms with Crippen molar-refractivity contribution in [2.45, 2.75) is 38.1 Å². The van der Waals surface area contributed by atoms with Crippen molar-refractivity contribution < 1.29 is 10.2 Å². The lowest BCUT2D eigenvalue weighted by Gasteiger charge is -2.17. The van der Waals surface area contributed by atoms with E-state index < -0.39 is 12.2 Å². The molecule has 0 fully saturated rings. The highest BCUT2D eigenvalue weighted by Crippen LogP contribution is 2.16. The molecule has 0 aliphatic rings. The zero-order valence-electron chi connectivity index (χ0n) is 15.4. The second-order valence-electron chi connectivity index (χ2n) is 5.87. The quantitative estimate of drug-likeness (QED) is 0.634. The van der Waals surface area contributed by atoms with Crippen LogP contribution in [0.1, 0.15) is 37.2 Å². The van der Waals surface area contributed by atoms with Crippen LogP contribution in [0.15, 0.2) is 60.7 Å². The number of halogens is 1. The Morgan fingerprint density at radius 3 is 1.16 bits per heavy atom. The molecule has 25 heavy (non-hydrogen) atoms. The lowest BCUT2D eigenvalue weighted by molar-refractivity contribution is 0.140. The van der Waals surface area contributed by atoms with Gasteiger partial charge in [-0.2, -0.15) is 0 Å². The molecule has 4 atom stereocenters. The number of rotatable bonds is 6. The van der Waals surface area contributed by atoms with Crippen molar-refractivity contribution in [3.63, 3.8) is 0 Å². The van der Waals surface area contributed by atoms with E-state index in [4.69, 9.17) is 0 Å². The van der Waals surface area contributed by atoms with E-state index in [1.807, 2.05) is 88.6 Å². The molecule has 0 bridgehead atoms. The summed E-state index contributed by atoms with van der Waals surface area (Å²) in [6.45, 7) is 3.91. The molecule has 4 nitrogen and oxygen atoms in total. The highest BCUT2D eigenvalue weighted by atomic mass is 35.5. The van der Waals surface area contributed by atoms with Crippen LogP contribution in [-0.4, -0.2) is 36.4 Å². The monoisotopic (exact) mass is 366 g/mol. The van der Waals surface area contributed by atoms with Crippen molar-refractivity contribution in [2.75, 3.05) is 14.1 Å². The van der Waals surface area contributed by atoms with Gasteiger partial charge in [0.2, 0.25) is 0 Å². The van der Waals surface area contributed by atoms with Crippen LogP contribution in [0.4, 0.5) is 0 Å². The average Bonchev–Trinajstić information content (AvgIpc) is 2.67. The summed E-state index contributed by atoms with van der Waals surface area (Å²) in [5.74, 6) is 0. The molecule has 0 heterocycles. The van der Waals surface area contributed by atoms with Crippen LogP contribution >= 0.6 is 12.4 Å². The lowest BCUT2D eigenvalue weighted by Crippen LogP contribution is -2.28. The van der Waals surface area contributed by atoms with Gasteiger partial charge >= 0.3 is 0 Å². The van der Waals surface area contributed by atoms with Gasteiger partial charge in [0.25, 0.3) is 0 Å². The topological polar surface area (TPSA) is 64.5 Å². The predicted octanol–water partition coefficient (Wildman–Crippen LogP) is 3.08. The number of hydrogen-bond acceptors (Lipinski definition) is 4. The number of aliphatic hydroxyl groups excluding tert-OH is 2. The third kappa shape index (κ3) is 7.99. The fraction of sp³-hybridized carbons (Fsp3) is 0.400. The molecule has 5 heteroatoms. The normalized spacial score (nSPS) is 15.0. The standard InChI is InChI=1S/2C10H15NO.ClH/c2*1-8(11-2)10(12)9-6-4-3-5-7-9;/h2*3-8,10-12H,1-2H3;1H. The second kappa shape index (κ2) is 12.9. The fourth-order valence-corrected chi connectivity index (χ4v) is 2.19. The van der Waals surface area contributed by atoms with E-state index in [0.29, 0.717) is 0 Å². The molecule has 0 saturated carbocycles. The second-order valence-corrected chi connectivity index (χ2v) is 5.87. The number of benzene rings is 2. The molecule has 0 saturated heterocycles. The van der Waals surface area contributed by atoms with Crippen LogP contribution in [0.2, 0.25) is 0 Å². The van der Waals surface area contributed by atoms with Gasteiger partial charge in [0.05, 0.1) is 12.2 Å². The Labute approximate surface area is 157 Å². The van der Waals surface area contributed by atoms with E-state index in [0.717, 1.165) is 11.1 Å². The largest absolute Gasteiger partial charge is 0.387 e. The first-order valence-electron chi connectivity index (χ1n) is 8.31. The van der Waals surface area contributed by atoms with Crippen LogP contribution < -0.4 is 10.6 Å². The maximum atomic E-state index is 9.73. The van der Waals surface area contributed by atoms with Crippen molar-refractivity contribution in [3.8, 4) is 0 Å². The van der Waals surface area contributed by atoms with E-state index in [1.165, 1.54) is 0 Å². The summed E-state index contributed by atoms with van der Waals surface area (Å²) in [4.78, 5) is 0. The minimum Gasteiger partial charge on any atom is -0.387 e. The van der Waals surface area contributed by atoms with Crippen molar-refractivity contribution in [1.29, 1.82) is 0 Å². The van der Waals surface area contributed by atoms with Crippen LogP contribution in [0.25, 0.3) is 0 Å². The summed E-state index contributed by atoms with van der Waals surface area (Å²) in [6.07, 6.45) is -0.840. The Bertz CT molecular complexity index is 503. The van der Waals surface area contributed by atoms with Gasteiger partial charge in [-0.1, -0.05) is 60.7 Å². The highest BCUT2D eigenvalue weighted by Gasteiger charge is 2.13. The third-order valence-electron chi connectivity index (χ3n) is 4.14. The van der Waals surface area contributed by atoms with E-state index >= 15 is 0 Å². The van der Waals surface area contributed by atoms with E-state index in [9.17, 15) is 10.2 Å². The molecule has 2 aromatic carbocycles. The van der Waals surface area contributed by atoms with Crippen molar-refractivity contribution in [2.24, 2.45) is 0 Å². The van der Waals surface area contributed by atoms with Crippen LogP contribution in [0.5, 0.6) is 0 Å². The highest BCUT2D eigenvalue weighted by molar-refractivity contribution is 5.85. The summed E-state index contributed by atoms with van der Waals surface area (Å²) in [7, 11) is 3.69. The molecule has 140 valence electrons. The van der Waals surface area contributed by atoms with Gasteiger partial charge in [-0.05, 0) is 39.1 Å². The van der Waals surface area contributed by atoms with Gasteiger partial charge < -0.3 is 20.8 Å². The predicted molar refractivity (Wildman–Crippen MR) is 107 cm³/mol. The average molecular weight is 367 g/mol. The molecule has 0 aromatic heterocycles. The maximum Gasteiger partial charge on any atom is 0.0940 e. The zero-order chi connectivity index (χ0) is 17.9. The summed E-state index contributed by atoms with van der Waals surface area (Å²) in [5, 5.41) is 25.5. The number of likely N-dealkylation sites (N-methyl/N-ethyl adjacent to an activating group) is 2. The van der Waals surface area contributed by atoms with Gasteiger partial charge in [-0.3, -0.25) is 0 Å².